The molecule has 0 fully saturated rings. The molecule has 6 heteroatoms. The average molecular weight is 377 g/mol. The molecule has 0 spiro atoms. The molecule has 3 N–H and O–H groups in total. The lowest BCUT2D eigenvalue weighted by Gasteiger charge is -2.26. The van der Waals surface area contributed by atoms with Gasteiger partial charge in [0.1, 0.15) is 11.5 Å². The molecule has 0 aromatic heterocycles. The maximum atomic E-state index is 11.5. The van der Waals surface area contributed by atoms with Crippen molar-refractivity contribution in [2.45, 2.75) is 40.5 Å². The first-order valence-electron chi connectivity index (χ1n) is 8.99. The normalized spacial score (nSPS) is 14.1. The minimum atomic E-state index is -0.111. The van der Waals surface area contributed by atoms with E-state index in [1.165, 1.54) is 29.8 Å². The summed E-state index contributed by atoms with van der Waals surface area (Å²) in [5.41, 5.74) is 9.18. The number of nitrogens with one attached hydrogen (secondary N) is 1. The van der Waals surface area contributed by atoms with Crippen molar-refractivity contribution in [2.75, 3.05) is 19.8 Å². The van der Waals surface area contributed by atoms with Gasteiger partial charge in [-0.3, -0.25) is 4.79 Å². The first-order chi connectivity index (χ1) is 12.5. The van der Waals surface area contributed by atoms with E-state index < -0.39 is 0 Å². The second kappa shape index (κ2) is 9.69. The Hall–Kier alpha value is -1.92. The van der Waals surface area contributed by atoms with E-state index in [9.17, 15) is 4.79 Å². The van der Waals surface area contributed by atoms with Crippen molar-refractivity contribution in [3.63, 3.8) is 0 Å². The molecule has 0 radical (unpaired) electrons. The van der Waals surface area contributed by atoms with Gasteiger partial charge in [-0.2, -0.15) is 0 Å². The number of benzene rings is 1. The number of allylic oxidation sites excluding steroid dienone is 1. The monoisotopic (exact) mass is 376 g/mol. The Labute approximate surface area is 160 Å². The standard InChI is InChI=1S/C20H28N2O3S/c1-5-24-16-9-10-17(25-6-2)19-15(16)8-7-13(3)20(19)26-18(11-12-21)22-14(4)23/h9-11H,5-8,12,21H2,1-4H3,(H,22,23)/b18-11+. The number of hydrogen-bond acceptors (Lipinski definition) is 5. The van der Waals surface area contributed by atoms with Gasteiger partial charge in [0.15, 0.2) is 0 Å². The first-order valence-corrected chi connectivity index (χ1v) is 9.80. The number of thioether (sulfide) groups is 1. The number of ether oxygens (including phenoxy) is 2. The Morgan fingerprint density at radius 2 is 1.88 bits per heavy atom. The molecule has 0 unspecified atom stereocenters. The molecule has 1 aliphatic carbocycles. The molecule has 1 aromatic rings. The lowest BCUT2D eigenvalue weighted by atomic mass is 9.91. The van der Waals surface area contributed by atoms with Crippen LogP contribution in [0.2, 0.25) is 0 Å². The number of hydrogen-bond donors (Lipinski definition) is 2. The number of nitrogens with two attached hydrogens (primary N) is 1. The SMILES string of the molecule is CCOc1ccc(OCC)c2c1CCC(C)=C2S/C(=C/CN)NC(C)=O. The van der Waals surface area contributed by atoms with E-state index in [1.54, 1.807) is 0 Å². The molecule has 26 heavy (non-hydrogen) atoms. The van der Waals surface area contributed by atoms with Crippen LogP contribution in [-0.4, -0.2) is 25.7 Å². The van der Waals surface area contributed by atoms with E-state index in [0.29, 0.717) is 19.8 Å². The molecule has 142 valence electrons. The van der Waals surface area contributed by atoms with Crippen LogP contribution >= 0.6 is 11.8 Å². The fraction of sp³-hybridized carbons (Fsp3) is 0.450. The molecule has 1 aromatic carbocycles. The molecule has 5 nitrogen and oxygen atoms in total. The van der Waals surface area contributed by atoms with Gasteiger partial charge in [-0.1, -0.05) is 17.3 Å². The summed E-state index contributed by atoms with van der Waals surface area (Å²) in [6, 6.07) is 3.96. The van der Waals surface area contributed by atoms with Crippen LogP contribution in [0.25, 0.3) is 4.91 Å². The third-order valence-corrected chi connectivity index (χ3v) is 5.26. The van der Waals surface area contributed by atoms with Gasteiger partial charge < -0.3 is 20.5 Å². The molecule has 0 bridgehead atoms. The van der Waals surface area contributed by atoms with Crippen molar-refractivity contribution < 1.29 is 14.3 Å². The molecule has 1 aliphatic rings. The minimum absolute atomic E-state index is 0.111. The summed E-state index contributed by atoms with van der Waals surface area (Å²) in [5, 5.41) is 3.61. The van der Waals surface area contributed by atoms with E-state index in [-0.39, 0.29) is 5.91 Å². The number of amides is 1. The molecule has 2 rings (SSSR count). The second-order valence-electron chi connectivity index (χ2n) is 5.98. The summed E-state index contributed by atoms with van der Waals surface area (Å²) in [6.07, 6.45) is 3.69. The van der Waals surface area contributed by atoms with Gasteiger partial charge in [0.25, 0.3) is 0 Å². The van der Waals surface area contributed by atoms with Crippen molar-refractivity contribution in [1.29, 1.82) is 0 Å². The smallest absolute Gasteiger partial charge is 0.221 e. The molecule has 0 atom stereocenters. The van der Waals surface area contributed by atoms with Gasteiger partial charge in [-0.15, -0.1) is 0 Å². The van der Waals surface area contributed by atoms with Crippen LogP contribution < -0.4 is 20.5 Å². The zero-order valence-corrected chi connectivity index (χ0v) is 16.8. The van der Waals surface area contributed by atoms with E-state index in [4.69, 9.17) is 15.2 Å². The Morgan fingerprint density at radius 3 is 2.50 bits per heavy atom. The van der Waals surface area contributed by atoms with Gasteiger partial charge in [-0.25, -0.2) is 0 Å². The number of carbonyl (C=O) groups excluding carboxylic acids is 1. The summed E-state index contributed by atoms with van der Waals surface area (Å²) >= 11 is 1.53. The van der Waals surface area contributed by atoms with Crippen molar-refractivity contribution >= 4 is 22.6 Å². The summed E-state index contributed by atoms with van der Waals surface area (Å²) in [4.78, 5) is 12.6. The second-order valence-corrected chi connectivity index (χ2v) is 7.03. The molecule has 0 saturated carbocycles. The molecular weight excluding hydrogens is 348 g/mol. The molecule has 0 heterocycles. The maximum absolute atomic E-state index is 11.5. The molecular formula is C20H28N2O3S. The lowest BCUT2D eigenvalue weighted by Crippen LogP contribution is -2.19. The van der Waals surface area contributed by atoms with Gasteiger partial charge in [-0.05, 0) is 51.8 Å². The summed E-state index contributed by atoms with van der Waals surface area (Å²) < 4.78 is 11.8. The Kier molecular flexibility index (Phi) is 7.60. The predicted octanol–water partition coefficient (Wildman–Crippen LogP) is 3.83. The fourth-order valence-electron chi connectivity index (χ4n) is 2.96. The topological polar surface area (TPSA) is 73.6 Å². The predicted molar refractivity (Wildman–Crippen MR) is 108 cm³/mol. The highest BCUT2D eigenvalue weighted by atomic mass is 32.2. The summed E-state index contributed by atoms with van der Waals surface area (Å²) in [7, 11) is 0. The van der Waals surface area contributed by atoms with E-state index in [1.807, 2.05) is 32.1 Å². The maximum Gasteiger partial charge on any atom is 0.221 e. The summed E-state index contributed by atoms with van der Waals surface area (Å²) in [5.74, 6) is 1.64. The van der Waals surface area contributed by atoms with E-state index in [2.05, 4.69) is 12.2 Å². The lowest BCUT2D eigenvalue weighted by molar-refractivity contribution is -0.118. The van der Waals surface area contributed by atoms with E-state index in [0.717, 1.165) is 39.8 Å². The van der Waals surface area contributed by atoms with Crippen LogP contribution in [0.4, 0.5) is 0 Å². The van der Waals surface area contributed by atoms with Crippen LogP contribution in [0, 0.1) is 0 Å². The quantitative estimate of drug-likeness (QED) is 0.721. The number of rotatable bonds is 8. The third kappa shape index (κ3) is 4.83. The van der Waals surface area contributed by atoms with Crippen LogP contribution in [0.1, 0.15) is 45.2 Å². The van der Waals surface area contributed by atoms with Gasteiger partial charge in [0.2, 0.25) is 5.91 Å². The Bertz CT molecular complexity index is 726. The number of fused-ring (bicyclic) bond motifs is 1. The zero-order chi connectivity index (χ0) is 19.1. The van der Waals surface area contributed by atoms with Crippen molar-refractivity contribution in [1.82, 2.24) is 5.32 Å². The highest BCUT2D eigenvalue weighted by molar-refractivity contribution is 8.11. The Balaban J connectivity index is 2.53. The highest BCUT2D eigenvalue weighted by Gasteiger charge is 2.25. The minimum Gasteiger partial charge on any atom is -0.494 e. The van der Waals surface area contributed by atoms with Crippen LogP contribution in [0.3, 0.4) is 0 Å². The van der Waals surface area contributed by atoms with Gasteiger partial charge in [0, 0.05) is 29.5 Å². The average Bonchev–Trinajstić information content (AvgIpc) is 2.59. The first kappa shape index (κ1) is 20.4. The summed E-state index contributed by atoms with van der Waals surface area (Å²) in [6.45, 7) is 9.17. The van der Waals surface area contributed by atoms with Crippen molar-refractivity contribution in [2.24, 2.45) is 5.73 Å². The van der Waals surface area contributed by atoms with Crippen LogP contribution in [0.15, 0.2) is 28.8 Å². The van der Waals surface area contributed by atoms with Crippen molar-refractivity contribution in [3.05, 3.63) is 39.9 Å². The molecule has 1 amide bonds. The third-order valence-electron chi connectivity index (χ3n) is 4.01. The highest BCUT2D eigenvalue weighted by Crippen LogP contribution is 2.48. The molecule has 0 aliphatic heterocycles. The van der Waals surface area contributed by atoms with E-state index >= 15 is 0 Å². The zero-order valence-electron chi connectivity index (χ0n) is 16.0. The Morgan fingerprint density at radius 1 is 1.23 bits per heavy atom. The van der Waals surface area contributed by atoms with Crippen LogP contribution in [0.5, 0.6) is 11.5 Å². The van der Waals surface area contributed by atoms with Crippen molar-refractivity contribution in [3.8, 4) is 11.5 Å². The molecule has 0 saturated heterocycles. The fourth-order valence-corrected chi connectivity index (χ4v) is 4.15. The number of carbonyl (C=O) groups is 1. The van der Waals surface area contributed by atoms with Crippen LogP contribution in [-0.2, 0) is 11.2 Å². The van der Waals surface area contributed by atoms with Gasteiger partial charge in [0.05, 0.1) is 18.2 Å². The largest absolute Gasteiger partial charge is 0.494 e. The van der Waals surface area contributed by atoms with Gasteiger partial charge >= 0.3 is 0 Å².